The number of carbonyl (C=O) groups excluding carboxylic acids is 2. The normalized spacial score (nSPS) is 11.3. The van der Waals surface area contributed by atoms with Crippen LogP contribution in [-0.2, 0) is 14.6 Å². The molecular weight excluding hydrogens is 508 g/mol. The molecule has 0 aliphatic heterocycles. The van der Waals surface area contributed by atoms with Crippen LogP contribution >= 0.6 is 11.3 Å². The van der Waals surface area contributed by atoms with Crippen molar-refractivity contribution in [3.8, 4) is 23.3 Å². The number of hydrogen-bond donors (Lipinski definition) is 1. The fourth-order valence-corrected chi connectivity index (χ4v) is 4.73. The van der Waals surface area contributed by atoms with Crippen LogP contribution in [0.1, 0.15) is 22.8 Å². The van der Waals surface area contributed by atoms with Gasteiger partial charge in [0.25, 0.3) is 5.91 Å². The lowest BCUT2D eigenvalue weighted by Crippen LogP contribution is -2.13. The predicted molar refractivity (Wildman–Crippen MR) is 131 cm³/mol. The lowest BCUT2D eigenvalue weighted by molar-refractivity contribution is -0.112. The van der Waals surface area contributed by atoms with Gasteiger partial charge in [-0.25, -0.2) is 13.2 Å². The highest BCUT2D eigenvalue weighted by Crippen LogP contribution is 2.28. The summed E-state index contributed by atoms with van der Waals surface area (Å²) in [5.74, 6) is -0.450. The van der Waals surface area contributed by atoms with Gasteiger partial charge in [-0.3, -0.25) is 10.1 Å². The largest absolute Gasteiger partial charge is 0.493 e. The number of amides is 1. The number of ether oxygens (including phenoxy) is 3. The Morgan fingerprint density at radius 1 is 1.08 bits per heavy atom. The molecule has 36 heavy (non-hydrogen) atoms. The van der Waals surface area contributed by atoms with Gasteiger partial charge in [0.15, 0.2) is 11.5 Å². The number of esters is 1. The molecule has 0 bridgehead atoms. The minimum atomic E-state index is -3.56. The second-order valence-corrected chi connectivity index (χ2v) is 10.4. The highest BCUT2D eigenvalue weighted by Gasteiger charge is 2.20. The zero-order valence-electron chi connectivity index (χ0n) is 19.3. The maximum absolute atomic E-state index is 12.5. The molecule has 11 nitrogen and oxygen atoms in total. The molecule has 3 aromatic rings. The van der Waals surface area contributed by atoms with Crippen molar-refractivity contribution < 1.29 is 32.2 Å². The molecule has 3 rings (SSSR count). The third kappa shape index (κ3) is 6.23. The number of nitrogens with zero attached hydrogens (tertiary/aromatic N) is 3. The van der Waals surface area contributed by atoms with E-state index in [9.17, 15) is 23.3 Å². The van der Waals surface area contributed by atoms with E-state index in [1.54, 1.807) is 24.3 Å². The summed E-state index contributed by atoms with van der Waals surface area (Å²) < 4.78 is 39.2. The highest BCUT2D eigenvalue weighted by atomic mass is 32.2. The van der Waals surface area contributed by atoms with Crippen LogP contribution in [0.15, 0.2) is 52.4 Å². The SMILES string of the molecule is CCS(=O)(=O)c1nnc(NC(=O)/C(C#N)=C\c2ccc(OC(=O)c3ccc(OC)c(OC)c3)cc2)s1. The van der Waals surface area contributed by atoms with Crippen molar-refractivity contribution in [1.82, 2.24) is 10.2 Å². The van der Waals surface area contributed by atoms with Crippen LogP contribution in [0.4, 0.5) is 5.13 Å². The Labute approximate surface area is 210 Å². The molecule has 0 fully saturated rings. The van der Waals surface area contributed by atoms with Crippen molar-refractivity contribution in [2.45, 2.75) is 11.3 Å². The zero-order valence-corrected chi connectivity index (χ0v) is 21.0. The Bertz CT molecular complexity index is 1460. The lowest BCUT2D eigenvalue weighted by atomic mass is 10.1. The Morgan fingerprint density at radius 3 is 2.39 bits per heavy atom. The summed E-state index contributed by atoms with van der Waals surface area (Å²) in [7, 11) is -0.618. The molecule has 1 aromatic heterocycles. The molecule has 0 radical (unpaired) electrons. The summed E-state index contributed by atoms with van der Waals surface area (Å²) in [5, 5.41) is 18.9. The van der Waals surface area contributed by atoms with Gasteiger partial charge in [-0.1, -0.05) is 30.4 Å². The fraction of sp³-hybridized carbons (Fsp3) is 0.174. The molecule has 186 valence electrons. The van der Waals surface area contributed by atoms with Crippen LogP contribution in [0.3, 0.4) is 0 Å². The average molecular weight is 529 g/mol. The molecular formula is C23H20N4O7S2. The van der Waals surface area contributed by atoms with Crippen LogP contribution in [0, 0.1) is 11.3 Å². The van der Waals surface area contributed by atoms with Crippen molar-refractivity contribution in [2.75, 3.05) is 25.3 Å². The summed E-state index contributed by atoms with van der Waals surface area (Å²) in [6, 6.07) is 12.5. The number of sulfone groups is 1. The highest BCUT2D eigenvalue weighted by molar-refractivity contribution is 7.93. The van der Waals surface area contributed by atoms with Gasteiger partial charge in [0.05, 0.1) is 25.5 Å². The molecule has 1 amide bonds. The Balaban J connectivity index is 1.69. The smallest absolute Gasteiger partial charge is 0.343 e. The molecule has 0 aliphatic rings. The molecule has 13 heteroatoms. The average Bonchev–Trinajstić information content (AvgIpc) is 3.37. The predicted octanol–water partition coefficient (Wildman–Crippen LogP) is 3.11. The van der Waals surface area contributed by atoms with E-state index in [1.165, 1.54) is 51.5 Å². The van der Waals surface area contributed by atoms with Crippen LogP contribution in [0.2, 0.25) is 0 Å². The maximum atomic E-state index is 12.5. The first kappa shape index (κ1) is 26.3. The quantitative estimate of drug-likeness (QED) is 0.144. The van der Waals surface area contributed by atoms with Crippen molar-refractivity contribution in [3.63, 3.8) is 0 Å². The third-order valence-electron chi connectivity index (χ3n) is 4.66. The van der Waals surface area contributed by atoms with Gasteiger partial charge in [-0.2, -0.15) is 5.26 Å². The number of aromatic nitrogens is 2. The van der Waals surface area contributed by atoms with Gasteiger partial charge in [-0.15, -0.1) is 10.2 Å². The lowest BCUT2D eigenvalue weighted by Gasteiger charge is -2.09. The Hall–Kier alpha value is -4.28. The number of benzene rings is 2. The van der Waals surface area contributed by atoms with Gasteiger partial charge >= 0.3 is 5.97 Å². The first-order chi connectivity index (χ1) is 17.2. The summed E-state index contributed by atoms with van der Waals surface area (Å²) >= 11 is 0.695. The topological polar surface area (TPSA) is 158 Å². The van der Waals surface area contributed by atoms with E-state index in [1.807, 2.05) is 0 Å². The van der Waals surface area contributed by atoms with Gasteiger partial charge in [0.1, 0.15) is 17.4 Å². The van der Waals surface area contributed by atoms with Gasteiger partial charge in [-0.05, 0) is 42.0 Å². The summed E-state index contributed by atoms with van der Waals surface area (Å²) in [6.07, 6.45) is 1.32. The minimum absolute atomic E-state index is 0.0504. The first-order valence-corrected chi connectivity index (χ1v) is 12.7. The first-order valence-electron chi connectivity index (χ1n) is 10.2. The number of anilines is 1. The molecule has 2 aromatic carbocycles. The number of methoxy groups -OCH3 is 2. The van der Waals surface area contributed by atoms with Crippen molar-refractivity contribution in [3.05, 3.63) is 59.2 Å². The van der Waals surface area contributed by atoms with E-state index in [-0.39, 0.29) is 32.1 Å². The number of nitrogens with one attached hydrogen (secondary N) is 1. The second-order valence-electron chi connectivity index (χ2n) is 6.93. The minimum Gasteiger partial charge on any atom is -0.493 e. The molecule has 0 saturated heterocycles. The molecule has 0 unspecified atom stereocenters. The third-order valence-corrected chi connectivity index (χ3v) is 7.68. The molecule has 1 heterocycles. The van der Waals surface area contributed by atoms with Crippen LogP contribution in [0.5, 0.6) is 17.2 Å². The number of rotatable bonds is 9. The number of hydrogen-bond acceptors (Lipinski definition) is 11. The second kappa shape index (κ2) is 11.4. The van der Waals surface area contributed by atoms with Gasteiger partial charge < -0.3 is 14.2 Å². The van der Waals surface area contributed by atoms with E-state index in [4.69, 9.17) is 14.2 Å². The maximum Gasteiger partial charge on any atom is 0.343 e. The number of carbonyl (C=O) groups is 2. The van der Waals surface area contributed by atoms with E-state index < -0.39 is 21.7 Å². The van der Waals surface area contributed by atoms with E-state index in [2.05, 4.69) is 15.5 Å². The molecule has 0 atom stereocenters. The van der Waals surface area contributed by atoms with Gasteiger partial charge in [0.2, 0.25) is 19.3 Å². The van der Waals surface area contributed by atoms with Crippen molar-refractivity contribution in [1.29, 1.82) is 5.26 Å². The molecule has 0 aliphatic carbocycles. The van der Waals surface area contributed by atoms with Crippen molar-refractivity contribution >= 4 is 44.3 Å². The van der Waals surface area contributed by atoms with Crippen molar-refractivity contribution in [2.24, 2.45) is 0 Å². The monoisotopic (exact) mass is 528 g/mol. The zero-order chi connectivity index (χ0) is 26.3. The fourth-order valence-electron chi connectivity index (χ4n) is 2.75. The van der Waals surface area contributed by atoms with E-state index in [0.29, 0.717) is 28.4 Å². The van der Waals surface area contributed by atoms with Crippen LogP contribution in [-0.4, -0.2) is 50.5 Å². The number of nitriles is 1. The molecule has 1 N–H and O–H groups in total. The molecule has 0 spiro atoms. The summed E-state index contributed by atoms with van der Waals surface area (Å²) in [4.78, 5) is 24.9. The van der Waals surface area contributed by atoms with E-state index >= 15 is 0 Å². The molecule has 0 saturated carbocycles. The van der Waals surface area contributed by atoms with Crippen LogP contribution < -0.4 is 19.5 Å². The Kier molecular flexibility index (Phi) is 8.36. The van der Waals surface area contributed by atoms with E-state index in [0.717, 1.165) is 0 Å². The van der Waals surface area contributed by atoms with Crippen LogP contribution in [0.25, 0.3) is 6.08 Å². The summed E-state index contributed by atoms with van der Waals surface area (Å²) in [6.45, 7) is 1.47. The summed E-state index contributed by atoms with van der Waals surface area (Å²) in [5.41, 5.74) is 0.492. The standard InChI is InChI=1S/C23H20N4O7S2/c1-4-36(30,31)23-27-26-22(35-23)25-20(28)16(13-24)11-14-5-8-17(9-6-14)34-21(29)15-7-10-18(32-2)19(12-15)33-3/h5-12H,4H2,1-3H3,(H,25,26,28)/b16-11-. The Morgan fingerprint density at radius 2 is 1.78 bits per heavy atom. The van der Waals surface area contributed by atoms with Gasteiger partial charge in [0, 0.05) is 0 Å².